The molecule has 0 rings (SSSR count). The van der Waals surface area contributed by atoms with Gasteiger partial charge in [-0.05, 0) is 19.3 Å². The maximum absolute atomic E-state index is 8.91. The van der Waals surface area contributed by atoms with Crippen LogP contribution in [0.25, 0.3) is 0 Å². The Kier molecular flexibility index (Phi) is 9.92. The molecule has 0 amide bonds. The van der Waals surface area contributed by atoms with E-state index in [1.165, 1.54) is 0 Å². The van der Waals surface area contributed by atoms with E-state index in [0.717, 1.165) is 39.0 Å². The predicted molar refractivity (Wildman–Crippen MR) is 67.5 cm³/mol. The summed E-state index contributed by atoms with van der Waals surface area (Å²) < 4.78 is 5.12. The Hall–Kier alpha value is -0.160. The number of ether oxygens (including phenoxy) is 1. The number of rotatable bonds is 10. The van der Waals surface area contributed by atoms with Gasteiger partial charge >= 0.3 is 0 Å². The quantitative estimate of drug-likeness (QED) is 0.586. The highest BCUT2D eigenvalue weighted by atomic mass is 16.5. The van der Waals surface area contributed by atoms with Crippen molar-refractivity contribution in [1.82, 2.24) is 4.90 Å². The second kappa shape index (κ2) is 10.0. The Morgan fingerprint density at radius 2 is 1.88 bits per heavy atom. The molecule has 0 aliphatic carbocycles. The molecule has 1 unspecified atom stereocenters. The number of nitrogens with zero attached hydrogens (tertiary/aromatic N) is 1. The van der Waals surface area contributed by atoms with Gasteiger partial charge in [-0.3, -0.25) is 4.90 Å². The van der Waals surface area contributed by atoms with Gasteiger partial charge in [0.05, 0.1) is 13.2 Å². The zero-order valence-electron chi connectivity index (χ0n) is 11.0. The predicted octanol–water partition coefficient (Wildman–Crippen LogP) is 0.833. The molecule has 0 aromatic carbocycles. The number of hydrogen-bond donors (Lipinski definition) is 2. The third-order valence-electron chi connectivity index (χ3n) is 3.06. The fourth-order valence-electron chi connectivity index (χ4n) is 1.91. The number of hydrogen-bond acceptors (Lipinski definition) is 4. The lowest BCUT2D eigenvalue weighted by Crippen LogP contribution is -2.40. The molecule has 3 N–H and O–H groups in total. The van der Waals surface area contributed by atoms with Gasteiger partial charge < -0.3 is 15.6 Å². The second-order valence-corrected chi connectivity index (χ2v) is 4.23. The summed E-state index contributed by atoms with van der Waals surface area (Å²) in [7, 11) is 1.73. The molecule has 0 aliphatic rings. The van der Waals surface area contributed by atoms with Gasteiger partial charge in [0.1, 0.15) is 0 Å². The Morgan fingerprint density at radius 1 is 1.25 bits per heavy atom. The van der Waals surface area contributed by atoms with Crippen molar-refractivity contribution in [2.45, 2.75) is 45.2 Å². The van der Waals surface area contributed by atoms with Crippen molar-refractivity contribution in [3.8, 4) is 0 Å². The highest BCUT2D eigenvalue weighted by molar-refractivity contribution is 4.71. The van der Waals surface area contributed by atoms with E-state index in [4.69, 9.17) is 15.6 Å². The lowest BCUT2D eigenvalue weighted by molar-refractivity contribution is 0.110. The zero-order valence-corrected chi connectivity index (χ0v) is 11.0. The van der Waals surface area contributed by atoms with Gasteiger partial charge in [-0.25, -0.2) is 0 Å². The van der Waals surface area contributed by atoms with E-state index in [1.807, 2.05) is 0 Å². The van der Waals surface area contributed by atoms with Crippen LogP contribution in [0.15, 0.2) is 0 Å². The van der Waals surface area contributed by atoms with E-state index in [1.54, 1.807) is 7.11 Å². The zero-order chi connectivity index (χ0) is 12.4. The van der Waals surface area contributed by atoms with Crippen LogP contribution in [0.4, 0.5) is 0 Å². The van der Waals surface area contributed by atoms with Crippen molar-refractivity contribution in [1.29, 1.82) is 0 Å². The molecule has 0 saturated carbocycles. The average Bonchev–Trinajstić information content (AvgIpc) is 2.32. The third-order valence-corrected chi connectivity index (χ3v) is 3.06. The van der Waals surface area contributed by atoms with Crippen LogP contribution in [0.1, 0.15) is 33.1 Å². The monoisotopic (exact) mass is 232 g/mol. The fourth-order valence-corrected chi connectivity index (χ4v) is 1.91. The van der Waals surface area contributed by atoms with Crippen molar-refractivity contribution in [3.05, 3.63) is 0 Å². The summed E-state index contributed by atoms with van der Waals surface area (Å²) in [6.45, 7) is 7.13. The summed E-state index contributed by atoms with van der Waals surface area (Å²) >= 11 is 0. The minimum absolute atomic E-state index is 0.0705. The van der Waals surface area contributed by atoms with E-state index < -0.39 is 0 Å². The van der Waals surface area contributed by atoms with Gasteiger partial charge in [0.25, 0.3) is 0 Å². The Bertz CT molecular complexity index is 152. The molecule has 0 heterocycles. The van der Waals surface area contributed by atoms with Crippen molar-refractivity contribution in [2.24, 2.45) is 5.73 Å². The van der Waals surface area contributed by atoms with Crippen LogP contribution in [-0.2, 0) is 4.74 Å². The van der Waals surface area contributed by atoms with E-state index in [9.17, 15) is 0 Å². The number of aliphatic hydroxyl groups is 1. The number of nitrogens with two attached hydrogens (primary N) is 1. The van der Waals surface area contributed by atoms with Crippen LogP contribution in [-0.4, -0.2) is 55.5 Å². The maximum atomic E-state index is 8.91. The Morgan fingerprint density at radius 3 is 2.31 bits per heavy atom. The smallest absolute Gasteiger partial charge is 0.0589 e. The van der Waals surface area contributed by atoms with Crippen LogP contribution in [0.2, 0.25) is 0 Å². The van der Waals surface area contributed by atoms with E-state index >= 15 is 0 Å². The van der Waals surface area contributed by atoms with Crippen molar-refractivity contribution >= 4 is 0 Å². The molecule has 0 fully saturated rings. The molecule has 16 heavy (non-hydrogen) atoms. The summed E-state index contributed by atoms with van der Waals surface area (Å²) in [6, 6.07) is 0.500. The summed E-state index contributed by atoms with van der Waals surface area (Å²) in [5.41, 5.74) is 5.73. The molecule has 4 nitrogen and oxygen atoms in total. The SMILES string of the molecule is CCC(CC)N(CCOC)CCC(N)CO. The minimum atomic E-state index is -0.0978. The van der Waals surface area contributed by atoms with E-state index in [2.05, 4.69) is 18.7 Å². The Labute approximate surface area is 99.8 Å². The average molecular weight is 232 g/mol. The van der Waals surface area contributed by atoms with Crippen LogP contribution < -0.4 is 5.73 Å². The molecule has 0 aromatic heterocycles. The lowest BCUT2D eigenvalue weighted by Gasteiger charge is -2.30. The molecule has 4 heteroatoms. The normalized spacial score (nSPS) is 13.7. The second-order valence-electron chi connectivity index (χ2n) is 4.23. The molecule has 0 aromatic rings. The highest BCUT2D eigenvalue weighted by Crippen LogP contribution is 2.09. The standard InChI is InChI=1S/C12H28N2O2/c1-4-12(5-2)14(8-9-16-3)7-6-11(13)10-15/h11-12,15H,4-10,13H2,1-3H3. The summed E-state index contributed by atoms with van der Waals surface area (Å²) in [5, 5.41) is 8.91. The molecule has 98 valence electrons. The van der Waals surface area contributed by atoms with Crippen molar-refractivity contribution < 1.29 is 9.84 Å². The number of aliphatic hydroxyl groups excluding tert-OH is 1. The lowest BCUT2D eigenvalue weighted by atomic mass is 10.1. The molecule has 0 bridgehead atoms. The van der Waals surface area contributed by atoms with Crippen molar-refractivity contribution in [3.63, 3.8) is 0 Å². The molecule has 0 spiro atoms. The van der Waals surface area contributed by atoms with Gasteiger partial charge in [-0.1, -0.05) is 13.8 Å². The first-order valence-corrected chi connectivity index (χ1v) is 6.28. The van der Waals surface area contributed by atoms with E-state index in [-0.39, 0.29) is 12.6 Å². The molecule has 0 saturated heterocycles. The van der Waals surface area contributed by atoms with Gasteiger partial charge in [-0.2, -0.15) is 0 Å². The van der Waals surface area contributed by atoms with Gasteiger partial charge in [0.2, 0.25) is 0 Å². The first-order chi connectivity index (χ1) is 7.69. The summed E-state index contributed by atoms with van der Waals surface area (Å²) in [4.78, 5) is 2.42. The van der Waals surface area contributed by atoms with Crippen LogP contribution in [0, 0.1) is 0 Å². The third kappa shape index (κ3) is 6.43. The van der Waals surface area contributed by atoms with E-state index in [0.29, 0.717) is 6.04 Å². The molecule has 0 radical (unpaired) electrons. The highest BCUT2D eigenvalue weighted by Gasteiger charge is 2.15. The van der Waals surface area contributed by atoms with Gasteiger partial charge in [0.15, 0.2) is 0 Å². The fraction of sp³-hybridized carbons (Fsp3) is 1.00. The van der Waals surface area contributed by atoms with Crippen LogP contribution in [0.3, 0.4) is 0 Å². The molecular formula is C12H28N2O2. The first kappa shape index (κ1) is 15.8. The van der Waals surface area contributed by atoms with Crippen molar-refractivity contribution in [2.75, 3.05) is 33.4 Å². The van der Waals surface area contributed by atoms with Crippen LogP contribution >= 0.6 is 0 Å². The van der Waals surface area contributed by atoms with Gasteiger partial charge in [0, 0.05) is 32.3 Å². The maximum Gasteiger partial charge on any atom is 0.0589 e. The Balaban J connectivity index is 4.07. The summed E-state index contributed by atoms with van der Waals surface area (Å²) in [6.07, 6.45) is 3.14. The number of methoxy groups -OCH3 is 1. The van der Waals surface area contributed by atoms with Gasteiger partial charge in [-0.15, -0.1) is 0 Å². The molecule has 0 aliphatic heterocycles. The summed E-state index contributed by atoms with van der Waals surface area (Å²) in [5.74, 6) is 0. The van der Waals surface area contributed by atoms with Crippen LogP contribution in [0.5, 0.6) is 0 Å². The molecular weight excluding hydrogens is 204 g/mol. The minimum Gasteiger partial charge on any atom is -0.395 e. The first-order valence-electron chi connectivity index (χ1n) is 6.28. The molecule has 1 atom stereocenters. The largest absolute Gasteiger partial charge is 0.395 e. The topological polar surface area (TPSA) is 58.7 Å².